The van der Waals surface area contributed by atoms with Crippen molar-refractivity contribution in [3.8, 4) is 0 Å². The van der Waals surface area contributed by atoms with Crippen LogP contribution in [0.15, 0.2) is 24.3 Å². The molecule has 0 N–H and O–H groups in total. The van der Waals surface area contributed by atoms with E-state index in [9.17, 15) is 14.2 Å². The number of carbonyl (C=O) groups is 2. The number of hydrogen-bond donors (Lipinski definition) is 0. The van der Waals surface area contributed by atoms with Crippen molar-refractivity contribution in [3.05, 3.63) is 35.4 Å². The third-order valence-corrected chi connectivity index (χ3v) is 5.66. The Morgan fingerprint density at radius 3 is 2.38 bits per heavy atom. The van der Waals surface area contributed by atoms with Gasteiger partial charge in [0.05, 0.1) is 24.9 Å². The molecule has 0 aromatic heterocycles. The summed E-state index contributed by atoms with van der Waals surface area (Å²) < 4.78 is 22.8. The molecular weight excluding hydrogens is 329 g/mol. The summed E-state index contributed by atoms with van der Waals surface area (Å²) in [5, 5.41) is 0. The third-order valence-electron chi connectivity index (χ3n) is 3.49. The molecule has 0 heterocycles. The minimum Gasteiger partial charge on any atom is -0.342 e. The van der Waals surface area contributed by atoms with Gasteiger partial charge < -0.3 is 13.9 Å². The molecule has 0 spiro atoms. The number of unbranched alkanes of at least 4 members (excludes halogenated alkanes) is 1. The highest BCUT2D eigenvalue weighted by Gasteiger charge is 2.23. The first-order chi connectivity index (χ1) is 11.5. The highest BCUT2D eigenvalue weighted by atomic mass is 31.2. The number of benzene rings is 1. The maximum Gasteiger partial charge on any atom is 0.330 e. The lowest BCUT2D eigenvalue weighted by molar-refractivity contribution is 0.0790. The minimum absolute atomic E-state index is 0.199. The molecule has 0 aliphatic rings. The first-order valence-electron chi connectivity index (χ1n) is 8.15. The first kappa shape index (κ1) is 20.6. The summed E-state index contributed by atoms with van der Waals surface area (Å²) >= 11 is 0. The normalized spacial score (nSPS) is 11.3. The number of nitrogens with zero attached hydrogens (tertiary/aromatic N) is 1. The second kappa shape index (κ2) is 10.4. The molecule has 0 aliphatic heterocycles. The van der Waals surface area contributed by atoms with Crippen molar-refractivity contribution in [2.24, 2.45) is 0 Å². The fourth-order valence-electron chi connectivity index (χ4n) is 2.32. The van der Waals surface area contributed by atoms with E-state index in [-0.39, 0.29) is 5.91 Å². The van der Waals surface area contributed by atoms with E-state index in [4.69, 9.17) is 9.05 Å². The van der Waals surface area contributed by atoms with E-state index in [2.05, 4.69) is 0 Å². The van der Waals surface area contributed by atoms with Crippen molar-refractivity contribution >= 4 is 19.8 Å². The second-order valence-electron chi connectivity index (χ2n) is 5.31. The highest BCUT2D eigenvalue weighted by molar-refractivity contribution is 7.53. The molecule has 0 fully saturated rings. The summed E-state index contributed by atoms with van der Waals surface area (Å²) in [5.74, 6) is -0.199. The van der Waals surface area contributed by atoms with E-state index in [0.717, 1.165) is 0 Å². The number of rotatable bonds is 11. The van der Waals surface area contributed by atoms with Crippen LogP contribution in [0.3, 0.4) is 0 Å². The molecule has 1 aromatic carbocycles. The van der Waals surface area contributed by atoms with Crippen molar-refractivity contribution in [1.82, 2.24) is 4.90 Å². The standard InChI is InChI=1S/C17H26NO5P/c1-4-22-24(21,23-5-2)13-9-8-12-18(3)17(20)16-11-7-6-10-15(16)14-19/h6-7,10-11,14H,4-5,8-9,12-13H2,1-3H3. The minimum atomic E-state index is -3.02. The summed E-state index contributed by atoms with van der Waals surface area (Å²) in [6.07, 6.45) is 2.32. The lowest BCUT2D eigenvalue weighted by Gasteiger charge is -2.19. The van der Waals surface area contributed by atoms with Gasteiger partial charge in [0.25, 0.3) is 5.91 Å². The molecular formula is C17H26NO5P. The summed E-state index contributed by atoms with van der Waals surface area (Å²) in [7, 11) is -1.33. The summed E-state index contributed by atoms with van der Waals surface area (Å²) in [5.41, 5.74) is 0.774. The van der Waals surface area contributed by atoms with Gasteiger partial charge in [0, 0.05) is 19.2 Å². The number of aldehydes is 1. The number of carbonyl (C=O) groups excluding carboxylic acids is 2. The molecule has 0 unspecified atom stereocenters. The molecule has 1 aromatic rings. The van der Waals surface area contributed by atoms with E-state index >= 15 is 0 Å². The molecule has 1 rings (SSSR count). The van der Waals surface area contributed by atoms with Crippen molar-refractivity contribution in [1.29, 1.82) is 0 Å². The molecule has 1 amide bonds. The molecule has 0 radical (unpaired) electrons. The Labute approximate surface area is 143 Å². The highest BCUT2D eigenvalue weighted by Crippen LogP contribution is 2.48. The van der Waals surface area contributed by atoms with Gasteiger partial charge in [-0.2, -0.15) is 0 Å². The maximum atomic E-state index is 12.4. The van der Waals surface area contributed by atoms with E-state index < -0.39 is 7.60 Å². The Morgan fingerprint density at radius 2 is 1.79 bits per heavy atom. The summed E-state index contributed by atoms with van der Waals surface area (Å²) in [6, 6.07) is 6.71. The fraction of sp³-hybridized carbons (Fsp3) is 0.529. The van der Waals surface area contributed by atoms with Gasteiger partial charge in [0.2, 0.25) is 0 Å². The number of amides is 1. The van der Waals surface area contributed by atoms with Crippen LogP contribution in [0.4, 0.5) is 0 Å². The monoisotopic (exact) mass is 355 g/mol. The van der Waals surface area contributed by atoms with Crippen molar-refractivity contribution in [2.75, 3.05) is 33.0 Å². The van der Waals surface area contributed by atoms with Gasteiger partial charge in [-0.1, -0.05) is 18.2 Å². The number of hydrogen-bond acceptors (Lipinski definition) is 5. The Kier molecular flexibility index (Phi) is 8.90. The van der Waals surface area contributed by atoms with Crippen LogP contribution in [0.1, 0.15) is 47.4 Å². The van der Waals surface area contributed by atoms with Crippen LogP contribution in [0.5, 0.6) is 0 Å². The summed E-state index contributed by atoms with van der Waals surface area (Å²) in [4.78, 5) is 25.0. The molecule has 0 aliphatic carbocycles. The molecule has 6 nitrogen and oxygen atoms in total. The largest absolute Gasteiger partial charge is 0.342 e. The lowest BCUT2D eigenvalue weighted by Crippen LogP contribution is -2.28. The Hall–Kier alpha value is -1.49. The molecule has 0 saturated heterocycles. The average molecular weight is 355 g/mol. The predicted molar refractivity (Wildman–Crippen MR) is 93.7 cm³/mol. The first-order valence-corrected chi connectivity index (χ1v) is 9.88. The Bertz CT molecular complexity index is 580. The molecule has 134 valence electrons. The molecule has 7 heteroatoms. The van der Waals surface area contributed by atoms with Crippen LogP contribution in [0, 0.1) is 0 Å². The molecule has 24 heavy (non-hydrogen) atoms. The second-order valence-corrected chi connectivity index (χ2v) is 7.49. The SMILES string of the molecule is CCOP(=O)(CCCCN(C)C(=O)c1ccccc1C=O)OCC. The van der Waals surface area contributed by atoms with Gasteiger partial charge in [-0.15, -0.1) is 0 Å². The third kappa shape index (κ3) is 6.19. The Balaban J connectivity index is 2.51. The van der Waals surface area contributed by atoms with E-state index in [0.29, 0.717) is 56.2 Å². The van der Waals surface area contributed by atoms with Crippen LogP contribution in [-0.2, 0) is 13.6 Å². The topological polar surface area (TPSA) is 72.9 Å². The zero-order valence-corrected chi connectivity index (χ0v) is 15.5. The van der Waals surface area contributed by atoms with Gasteiger partial charge in [0.15, 0.2) is 6.29 Å². The summed E-state index contributed by atoms with van der Waals surface area (Å²) in [6.45, 7) is 4.76. The van der Waals surface area contributed by atoms with Crippen molar-refractivity contribution in [2.45, 2.75) is 26.7 Å². The van der Waals surface area contributed by atoms with Gasteiger partial charge in [-0.05, 0) is 32.8 Å². The maximum absolute atomic E-state index is 12.4. The van der Waals surface area contributed by atoms with Gasteiger partial charge in [0.1, 0.15) is 0 Å². The van der Waals surface area contributed by atoms with E-state index in [1.54, 1.807) is 50.1 Å². The lowest BCUT2D eigenvalue weighted by atomic mass is 10.1. The molecule has 0 atom stereocenters. The fourth-order valence-corrected chi connectivity index (χ4v) is 4.05. The van der Waals surface area contributed by atoms with Crippen LogP contribution in [0.2, 0.25) is 0 Å². The van der Waals surface area contributed by atoms with Crippen LogP contribution >= 0.6 is 7.60 Å². The van der Waals surface area contributed by atoms with E-state index in [1.165, 1.54) is 0 Å². The average Bonchev–Trinajstić information content (AvgIpc) is 2.58. The van der Waals surface area contributed by atoms with Crippen LogP contribution in [-0.4, -0.2) is 50.1 Å². The smallest absolute Gasteiger partial charge is 0.330 e. The molecule has 0 bridgehead atoms. The van der Waals surface area contributed by atoms with Gasteiger partial charge in [-0.3, -0.25) is 14.2 Å². The van der Waals surface area contributed by atoms with Gasteiger partial charge in [-0.25, -0.2) is 0 Å². The molecule has 0 saturated carbocycles. The quantitative estimate of drug-likeness (QED) is 0.344. The van der Waals surface area contributed by atoms with Gasteiger partial charge >= 0.3 is 7.60 Å². The van der Waals surface area contributed by atoms with Crippen LogP contribution < -0.4 is 0 Å². The Morgan fingerprint density at radius 1 is 1.17 bits per heavy atom. The van der Waals surface area contributed by atoms with Crippen molar-refractivity contribution < 1.29 is 23.2 Å². The zero-order chi connectivity index (χ0) is 18.0. The predicted octanol–water partition coefficient (Wildman–Crippen LogP) is 3.62. The van der Waals surface area contributed by atoms with Crippen molar-refractivity contribution in [3.63, 3.8) is 0 Å². The zero-order valence-electron chi connectivity index (χ0n) is 14.6. The van der Waals surface area contributed by atoms with Crippen LogP contribution in [0.25, 0.3) is 0 Å². The van der Waals surface area contributed by atoms with E-state index in [1.807, 2.05) is 0 Å².